The summed E-state index contributed by atoms with van der Waals surface area (Å²) < 4.78 is 5.07. The Hall–Kier alpha value is -3.44. The summed E-state index contributed by atoms with van der Waals surface area (Å²) in [4.78, 5) is 0. The second-order valence-electron chi connectivity index (χ2n) is 4.27. The van der Waals surface area contributed by atoms with Crippen molar-refractivity contribution in [2.24, 2.45) is 10.2 Å². The topological polar surface area (TPSA) is 81.5 Å². The van der Waals surface area contributed by atoms with Gasteiger partial charge in [0.2, 0.25) is 0 Å². The van der Waals surface area contributed by atoms with Crippen LogP contribution in [-0.4, -0.2) is 7.11 Å². The van der Waals surface area contributed by atoms with Crippen molar-refractivity contribution in [3.05, 3.63) is 59.7 Å². The maximum absolute atomic E-state index is 8.71. The molecule has 0 saturated carbocycles. The number of methoxy groups -OCH3 is 1. The van der Waals surface area contributed by atoms with Gasteiger partial charge in [-0.2, -0.15) is 20.8 Å². The lowest BCUT2D eigenvalue weighted by atomic mass is 10.1. The fourth-order valence-electron chi connectivity index (χ4n) is 1.66. The molecule has 0 amide bonds. The molecule has 0 atom stereocenters. The van der Waals surface area contributed by atoms with Gasteiger partial charge in [-0.3, -0.25) is 0 Å². The van der Waals surface area contributed by atoms with E-state index in [-0.39, 0.29) is 5.57 Å². The molecule has 0 saturated heterocycles. The van der Waals surface area contributed by atoms with Crippen LogP contribution in [0.15, 0.2) is 64.3 Å². The molecule has 2 rings (SSSR count). The monoisotopic (exact) mass is 288 g/mol. The number of nitrogens with zero attached hydrogens (tertiary/aromatic N) is 4. The Bertz CT molecular complexity index is 759. The summed E-state index contributed by atoms with van der Waals surface area (Å²) in [5, 5.41) is 25.7. The minimum absolute atomic E-state index is 0.0626. The Morgan fingerprint density at radius 2 is 1.41 bits per heavy atom. The summed E-state index contributed by atoms with van der Waals surface area (Å²) in [7, 11) is 1.61. The number of allylic oxidation sites excluding steroid dienone is 1. The van der Waals surface area contributed by atoms with Crippen LogP contribution < -0.4 is 4.74 Å². The molecule has 0 N–H and O–H groups in total. The second-order valence-corrected chi connectivity index (χ2v) is 4.27. The Labute approximate surface area is 128 Å². The van der Waals surface area contributed by atoms with Crippen LogP contribution in [0.3, 0.4) is 0 Å². The number of azo groups is 1. The quantitative estimate of drug-likeness (QED) is 0.611. The summed E-state index contributed by atoms with van der Waals surface area (Å²) in [6.07, 6.45) is 1.52. The van der Waals surface area contributed by atoms with Gasteiger partial charge in [0, 0.05) is 0 Å². The van der Waals surface area contributed by atoms with Crippen LogP contribution >= 0.6 is 0 Å². The smallest absolute Gasteiger partial charge is 0.130 e. The molecule has 5 nitrogen and oxygen atoms in total. The second kappa shape index (κ2) is 7.37. The molecule has 0 aromatic heterocycles. The SMILES string of the molecule is COc1ccc(N=Nc2ccc(C=C(C#N)C#N)cc2)cc1. The maximum Gasteiger partial charge on any atom is 0.130 e. The standard InChI is InChI=1S/C17H12N4O/c1-22-17-8-6-16(7-9-17)21-20-15-4-2-13(3-5-15)10-14(11-18)12-19/h2-10H,1H3. The lowest BCUT2D eigenvalue weighted by molar-refractivity contribution is 0.415. The average molecular weight is 288 g/mol. The Kier molecular flexibility index (Phi) is 5.01. The first-order valence-electron chi connectivity index (χ1n) is 6.43. The Morgan fingerprint density at radius 3 is 1.86 bits per heavy atom. The van der Waals surface area contributed by atoms with E-state index >= 15 is 0 Å². The number of hydrogen-bond donors (Lipinski definition) is 0. The minimum atomic E-state index is 0.0626. The molecule has 0 aliphatic heterocycles. The van der Waals surface area contributed by atoms with Crippen molar-refractivity contribution in [2.45, 2.75) is 0 Å². The number of nitriles is 2. The first-order valence-corrected chi connectivity index (χ1v) is 6.43. The van der Waals surface area contributed by atoms with Crippen molar-refractivity contribution in [3.8, 4) is 17.9 Å². The van der Waals surface area contributed by atoms with Gasteiger partial charge in [0.05, 0.1) is 18.5 Å². The largest absolute Gasteiger partial charge is 0.497 e. The first-order chi connectivity index (χ1) is 10.7. The van der Waals surface area contributed by atoms with Crippen LogP contribution in [-0.2, 0) is 0 Å². The first kappa shape index (κ1) is 15.0. The van der Waals surface area contributed by atoms with Gasteiger partial charge < -0.3 is 4.74 Å². The van der Waals surface area contributed by atoms with Crippen LogP contribution in [0.25, 0.3) is 6.08 Å². The number of benzene rings is 2. The Balaban J connectivity index is 2.11. The lowest BCUT2D eigenvalue weighted by Gasteiger charge is -1.98. The van der Waals surface area contributed by atoms with Crippen molar-refractivity contribution in [1.82, 2.24) is 0 Å². The van der Waals surface area contributed by atoms with Crippen molar-refractivity contribution in [3.63, 3.8) is 0 Å². The predicted molar refractivity (Wildman–Crippen MR) is 82.8 cm³/mol. The van der Waals surface area contributed by atoms with Gasteiger partial charge in [0.15, 0.2) is 0 Å². The van der Waals surface area contributed by atoms with Gasteiger partial charge in [-0.1, -0.05) is 12.1 Å². The normalized spacial score (nSPS) is 9.77. The molecule has 0 spiro atoms. The molecule has 2 aromatic carbocycles. The number of rotatable bonds is 4. The van der Waals surface area contributed by atoms with Crippen LogP contribution in [0.1, 0.15) is 5.56 Å². The van der Waals surface area contributed by atoms with Crippen molar-refractivity contribution >= 4 is 17.5 Å². The molecule has 0 bridgehead atoms. The van der Waals surface area contributed by atoms with E-state index in [4.69, 9.17) is 15.3 Å². The van der Waals surface area contributed by atoms with E-state index in [2.05, 4.69) is 10.2 Å². The fourth-order valence-corrected chi connectivity index (χ4v) is 1.66. The van der Waals surface area contributed by atoms with Gasteiger partial charge in [0.25, 0.3) is 0 Å². The molecule has 0 radical (unpaired) electrons. The van der Waals surface area contributed by atoms with Crippen molar-refractivity contribution in [2.75, 3.05) is 7.11 Å². The summed E-state index contributed by atoms with van der Waals surface area (Å²) in [5.41, 5.74) is 2.23. The number of hydrogen-bond acceptors (Lipinski definition) is 5. The molecule has 2 aromatic rings. The third kappa shape index (κ3) is 4.03. The van der Waals surface area contributed by atoms with E-state index in [1.54, 1.807) is 31.4 Å². The summed E-state index contributed by atoms with van der Waals surface area (Å²) in [6.45, 7) is 0. The van der Waals surface area contributed by atoms with Crippen LogP contribution in [0.2, 0.25) is 0 Å². The molecule has 0 unspecified atom stereocenters. The third-order valence-corrected chi connectivity index (χ3v) is 2.80. The summed E-state index contributed by atoms with van der Waals surface area (Å²) >= 11 is 0. The Morgan fingerprint density at radius 1 is 0.909 bits per heavy atom. The molecule has 0 aliphatic carbocycles. The van der Waals surface area contributed by atoms with Gasteiger partial charge in [-0.05, 0) is 48.0 Å². The molecule has 5 heteroatoms. The molecular weight excluding hydrogens is 276 g/mol. The summed E-state index contributed by atoms with van der Waals surface area (Å²) in [6, 6.07) is 18.0. The lowest BCUT2D eigenvalue weighted by Crippen LogP contribution is -1.79. The molecule has 22 heavy (non-hydrogen) atoms. The van der Waals surface area contributed by atoms with Gasteiger partial charge in [-0.25, -0.2) is 0 Å². The van der Waals surface area contributed by atoms with Gasteiger partial charge >= 0.3 is 0 Å². The van der Waals surface area contributed by atoms with E-state index in [1.807, 2.05) is 36.4 Å². The van der Waals surface area contributed by atoms with Gasteiger partial charge in [0.1, 0.15) is 23.5 Å². The van der Waals surface area contributed by atoms with Crippen molar-refractivity contribution in [1.29, 1.82) is 10.5 Å². The summed E-state index contributed by atoms with van der Waals surface area (Å²) in [5.74, 6) is 0.765. The zero-order chi connectivity index (χ0) is 15.8. The zero-order valence-corrected chi connectivity index (χ0v) is 11.9. The highest BCUT2D eigenvalue weighted by Gasteiger charge is 1.96. The maximum atomic E-state index is 8.71. The van der Waals surface area contributed by atoms with Crippen LogP contribution in [0.4, 0.5) is 11.4 Å². The van der Waals surface area contributed by atoms with Gasteiger partial charge in [-0.15, -0.1) is 0 Å². The zero-order valence-electron chi connectivity index (χ0n) is 11.9. The molecule has 0 aliphatic rings. The van der Waals surface area contributed by atoms with Crippen LogP contribution in [0, 0.1) is 22.7 Å². The van der Waals surface area contributed by atoms with Crippen molar-refractivity contribution < 1.29 is 4.74 Å². The highest BCUT2D eigenvalue weighted by molar-refractivity contribution is 5.63. The highest BCUT2D eigenvalue weighted by atomic mass is 16.5. The van der Waals surface area contributed by atoms with E-state index in [9.17, 15) is 0 Å². The van der Waals surface area contributed by atoms with E-state index < -0.39 is 0 Å². The predicted octanol–water partition coefficient (Wildman–Crippen LogP) is 4.54. The van der Waals surface area contributed by atoms with E-state index in [0.717, 1.165) is 17.0 Å². The number of ether oxygens (including phenoxy) is 1. The highest BCUT2D eigenvalue weighted by Crippen LogP contribution is 2.21. The fraction of sp³-hybridized carbons (Fsp3) is 0.0588. The third-order valence-electron chi connectivity index (χ3n) is 2.80. The molecular formula is C17H12N4O. The molecule has 0 fully saturated rings. The molecule has 0 heterocycles. The average Bonchev–Trinajstić information content (AvgIpc) is 2.59. The van der Waals surface area contributed by atoms with Crippen LogP contribution in [0.5, 0.6) is 5.75 Å². The minimum Gasteiger partial charge on any atom is -0.497 e. The molecule has 106 valence electrons. The van der Waals surface area contributed by atoms with E-state index in [1.165, 1.54) is 6.08 Å². The van der Waals surface area contributed by atoms with E-state index in [0.29, 0.717) is 5.69 Å².